The Balaban J connectivity index is 0.860. The molecule has 9 aliphatic rings. The van der Waals surface area contributed by atoms with Crippen molar-refractivity contribution in [2.45, 2.75) is 220 Å². The van der Waals surface area contributed by atoms with E-state index < -0.39 is 167 Å². The minimum atomic E-state index is -1.95. The van der Waals surface area contributed by atoms with Gasteiger partial charge in [-0.2, -0.15) is 0 Å². The van der Waals surface area contributed by atoms with Crippen molar-refractivity contribution in [2.24, 2.45) is 40.4 Å². The predicted octanol–water partition coefficient (Wildman–Crippen LogP) is -4.11. The van der Waals surface area contributed by atoms with Crippen LogP contribution in [0.4, 0.5) is 0 Å². The molecule has 75 heavy (non-hydrogen) atoms. The number of aliphatic hydroxyl groups excluding tert-OH is 15. The largest absolute Gasteiger partial charge is 0.494 e. The molecule has 5 heterocycles. The summed E-state index contributed by atoms with van der Waals surface area (Å²) in [6, 6.07) is 0. The van der Waals surface area contributed by atoms with Gasteiger partial charge in [0.1, 0.15) is 104 Å². The number of hydrogen-bond acceptors (Lipinski definition) is 24. The first-order valence-electron chi connectivity index (χ1n) is 26.8. The summed E-state index contributed by atoms with van der Waals surface area (Å²) in [4.78, 5) is 0. The molecule has 430 valence electrons. The second-order valence-electron chi connectivity index (χ2n) is 23.4. The van der Waals surface area contributed by atoms with E-state index in [0.29, 0.717) is 24.7 Å². The molecular weight excluding hydrogens is 997 g/mol. The van der Waals surface area contributed by atoms with E-state index in [2.05, 4.69) is 26.8 Å². The number of ether oxygens (including phenoxy) is 9. The van der Waals surface area contributed by atoms with Crippen LogP contribution in [-0.2, 0) is 42.6 Å². The smallest absolute Gasteiger partial charge is 0.187 e. The molecule has 0 unspecified atom stereocenters. The molecule has 0 spiro atoms. The monoisotopic (exact) mass is 1080 g/mol. The fraction of sp³-hybridized carbons (Fsp3) is 0.922. The molecule has 0 radical (unpaired) electrons. The normalized spacial score (nSPS) is 52.3. The van der Waals surface area contributed by atoms with Crippen molar-refractivity contribution in [1.29, 1.82) is 0 Å². The third kappa shape index (κ3) is 10.5. The third-order valence-corrected chi connectivity index (χ3v) is 19.0. The standard InChI is InChI=1S/C51H82O24/c1-19(18-67-46-42(65)38(61)34(57)29(14-52)70-46)5-8-26-20(2)33-28(68-26)12-24-22-7-6-21-11-27(25(56)13-51(21,4)23(22)9-10-50(24,33)3)69-48-44(40(63)36(59)31(16-54)72-48)75-49-45(41(64)37(60)32(17-55)73-49)74-47-43(66)39(62)35(58)30(15-53)71-47/h6,19,22-25,27-49,52-66H,5,7-18H2,1-4H3/t19-,22-,23+,24+,25-,27-,28+,29-,30-,31-,32-,33+,34-,35-,36-,37-,38+,39+,40+,41+,42-,43-,44-,45-,46-,47+,48-,49+,50+,51+/m1/s1. The number of rotatable bonds is 16. The van der Waals surface area contributed by atoms with Gasteiger partial charge in [-0.1, -0.05) is 32.4 Å². The van der Waals surface area contributed by atoms with Crippen LogP contribution >= 0.6 is 0 Å². The molecule has 15 N–H and O–H groups in total. The number of aliphatic hydroxyl groups is 15. The van der Waals surface area contributed by atoms with Crippen LogP contribution in [-0.4, -0.2) is 251 Å². The number of fused-ring (bicyclic) bond motifs is 7. The van der Waals surface area contributed by atoms with Gasteiger partial charge in [0.15, 0.2) is 25.2 Å². The van der Waals surface area contributed by atoms with Crippen molar-refractivity contribution < 1.29 is 119 Å². The fourth-order valence-electron chi connectivity index (χ4n) is 14.6. The second kappa shape index (κ2) is 23.1. The molecule has 4 saturated heterocycles. The van der Waals surface area contributed by atoms with Gasteiger partial charge >= 0.3 is 0 Å². The molecule has 3 saturated carbocycles. The second-order valence-corrected chi connectivity index (χ2v) is 23.4. The van der Waals surface area contributed by atoms with Crippen LogP contribution in [0.5, 0.6) is 0 Å². The molecule has 4 aliphatic carbocycles. The van der Waals surface area contributed by atoms with Crippen molar-refractivity contribution >= 4 is 0 Å². The summed E-state index contributed by atoms with van der Waals surface area (Å²) in [5.74, 6) is 2.18. The maximum Gasteiger partial charge on any atom is 0.187 e. The van der Waals surface area contributed by atoms with Crippen LogP contribution in [0.3, 0.4) is 0 Å². The topological polar surface area (TPSA) is 387 Å². The average Bonchev–Trinajstić information content (AvgIpc) is 3.92. The summed E-state index contributed by atoms with van der Waals surface area (Å²) in [6.45, 7) is 6.09. The van der Waals surface area contributed by atoms with Crippen LogP contribution < -0.4 is 0 Å². The van der Waals surface area contributed by atoms with Crippen molar-refractivity contribution in [1.82, 2.24) is 0 Å². The quantitative estimate of drug-likeness (QED) is 0.0653. The molecular formula is C51H82O24. The van der Waals surface area contributed by atoms with Crippen LogP contribution in [0.2, 0.25) is 0 Å². The van der Waals surface area contributed by atoms with Gasteiger partial charge in [0, 0.05) is 12.3 Å². The SMILES string of the molecule is CC1=C(CC[C@@H](C)CO[C@@H]2O[C@H](CO)[C@@H](O)[C@H](O)[C@H]2O)O[C@H]2C[C@H]3[C@@H]4CC=C5C[C@@H](O[C@@H]6O[C@H](CO)[C@@H](O)[C@H](O)[C@H]6O[C@@H]6O[C@H](CO)[C@@H](O)[C@H](O)[C@H]6O[C@@H]6O[C@H](CO)[C@@H](O)[C@H](O)[C@H]6O)[C@H](O)C[C@]5(C)[C@H]4CC[C@]3(C)[C@@H]12. The van der Waals surface area contributed by atoms with Gasteiger partial charge in [-0.3, -0.25) is 0 Å². The summed E-state index contributed by atoms with van der Waals surface area (Å²) >= 11 is 0. The summed E-state index contributed by atoms with van der Waals surface area (Å²) in [6.07, 6.45) is -26.9. The highest BCUT2D eigenvalue weighted by Crippen LogP contribution is 2.69. The Hall–Kier alpha value is -1.64. The Labute approximate surface area is 434 Å². The van der Waals surface area contributed by atoms with Gasteiger partial charge in [-0.25, -0.2) is 0 Å². The maximum atomic E-state index is 12.1. The zero-order chi connectivity index (χ0) is 54.2. The predicted molar refractivity (Wildman–Crippen MR) is 252 cm³/mol. The molecule has 0 bridgehead atoms. The lowest BCUT2D eigenvalue weighted by atomic mass is 9.47. The lowest BCUT2D eigenvalue weighted by Crippen LogP contribution is -2.67. The number of hydrogen-bond donors (Lipinski definition) is 15. The van der Waals surface area contributed by atoms with Gasteiger partial charge < -0.3 is 119 Å². The molecule has 9 rings (SSSR count). The minimum absolute atomic E-state index is 0.0234. The van der Waals surface area contributed by atoms with Crippen molar-refractivity contribution in [3.63, 3.8) is 0 Å². The van der Waals surface area contributed by atoms with Gasteiger partial charge in [0.2, 0.25) is 0 Å². The number of allylic oxidation sites excluding steroid dienone is 2. The highest BCUT2D eigenvalue weighted by molar-refractivity contribution is 5.30. The third-order valence-electron chi connectivity index (χ3n) is 19.0. The Bertz CT molecular complexity index is 1990. The van der Waals surface area contributed by atoms with E-state index in [9.17, 15) is 76.6 Å². The van der Waals surface area contributed by atoms with E-state index in [1.807, 2.05) is 6.92 Å². The van der Waals surface area contributed by atoms with Crippen molar-refractivity contribution in [3.05, 3.63) is 23.0 Å². The Morgan fingerprint density at radius 3 is 1.71 bits per heavy atom. The van der Waals surface area contributed by atoms with Crippen LogP contribution in [0.15, 0.2) is 23.0 Å². The van der Waals surface area contributed by atoms with Crippen LogP contribution in [0, 0.1) is 40.4 Å². The zero-order valence-corrected chi connectivity index (χ0v) is 42.8. The lowest BCUT2D eigenvalue weighted by molar-refractivity contribution is -0.397. The van der Waals surface area contributed by atoms with E-state index in [4.69, 9.17) is 42.6 Å². The molecule has 5 aliphatic heterocycles. The zero-order valence-electron chi connectivity index (χ0n) is 42.8. The van der Waals surface area contributed by atoms with E-state index >= 15 is 0 Å². The molecule has 24 nitrogen and oxygen atoms in total. The molecule has 0 aromatic heterocycles. The Morgan fingerprint density at radius 1 is 0.627 bits per heavy atom. The summed E-state index contributed by atoms with van der Waals surface area (Å²) < 4.78 is 53.9. The summed E-state index contributed by atoms with van der Waals surface area (Å²) in [5.41, 5.74) is 1.93. The first-order valence-corrected chi connectivity index (χ1v) is 26.8. The lowest BCUT2D eigenvalue weighted by Gasteiger charge is -2.59. The Morgan fingerprint density at radius 2 is 1.13 bits per heavy atom. The highest BCUT2D eigenvalue weighted by Gasteiger charge is 2.65. The molecule has 0 amide bonds. The molecule has 0 aromatic carbocycles. The van der Waals surface area contributed by atoms with Crippen LogP contribution in [0.25, 0.3) is 0 Å². The minimum Gasteiger partial charge on any atom is -0.494 e. The van der Waals surface area contributed by atoms with E-state index in [1.165, 1.54) is 5.57 Å². The Kier molecular flexibility index (Phi) is 17.9. The highest BCUT2D eigenvalue weighted by atomic mass is 16.8. The first-order chi connectivity index (χ1) is 35.6. The molecule has 24 heteroatoms. The molecule has 30 atom stereocenters. The van der Waals surface area contributed by atoms with Crippen molar-refractivity contribution in [3.8, 4) is 0 Å². The fourth-order valence-corrected chi connectivity index (χ4v) is 14.6. The van der Waals surface area contributed by atoms with Gasteiger partial charge in [-0.15, -0.1) is 0 Å². The first kappa shape index (κ1) is 58.0. The average molecular weight is 1080 g/mol. The summed E-state index contributed by atoms with van der Waals surface area (Å²) in [5, 5.41) is 159. The molecule has 0 aromatic rings. The van der Waals surface area contributed by atoms with Crippen molar-refractivity contribution in [2.75, 3.05) is 33.0 Å². The van der Waals surface area contributed by atoms with Crippen LogP contribution in [0.1, 0.15) is 79.1 Å². The van der Waals surface area contributed by atoms with Gasteiger partial charge in [0.05, 0.1) is 51.0 Å². The van der Waals surface area contributed by atoms with Gasteiger partial charge in [0.25, 0.3) is 0 Å². The summed E-state index contributed by atoms with van der Waals surface area (Å²) in [7, 11) is 0. The van der Waals surface area contributed by atoms with Gasteiger partial charge in [-0.05, 0) is 91.9 Å². The van der Waals surface area contributed by atoms with E-state index in [0.717, 1.165) is 43.4 Å². The van der Waals surface area contributed by atoms with E-state index in [-0.39, 0.29) is 42.3 Å². The maximum absolute atomic E-state index is 12.1. The molecule has 7 fully saturated rings. The van der Waals surface area contributed by atoms with E-state index in [1.54, 1.807) is 0 Å².